The van der Waals surface area contributed by atoms with Gasteiger partial charge in [0.1, 0.15) is 12.3 Å². The number of nitrogens with zero attached hydrogens (tertiary/aromatic N) is 2. The molecule has 1 unspecified atom stereocenters. The third-order valence-electron chi connectivity index (χ3n) is 7.56. The van der Waals surface area contributed by atoms with Crippen molar-refractivity contribution < 1.29 is 27.4 Å². The molecule has 0 saturated carbocycles. The highest BCUT2D eigenvalue weighted by atomic mass is 35.5. The maximum absolute atomic E-state index is 14.0. The molecule has 1 aliphatic rings. The van der Waals surface area contributed by atoms with Gasteiger partial charge in [0.2, 0.25) is 5.91 Å². The highest BCUT2D eigenvalue weighted by molar-refractivity contribution is 7.92. The summed E-state index contributed by atoms with van der Waals surface area (Å²) in [7, 11) is 0.0127. The highest BCUT2D eigenvalue weighted by Gasteiger charge is 2.31. The third kappa shape index (κ3) is 7.04. The zero-order valence-electron chi connectivity index (χ0n) is 24.6. The number of benzene rings is 3. The molecular weight excluding hydrogens is 578 g/mol. The zero-order valence-corrected chi connectivity index (χ0v) is 26.2. The summed E-state index contributed by atoms with van der Waals surface area (Å²) >= 11 is 6.26. The SMILES string of the molecule is COc1ccc(S(=O)(=O)N(CC(=O)NC(C)c2ccc(N3CCC(C)CC3)cc2)c2cc(Cl)ccc2OC)cc1OC. The molecule has 1 N–H and O–H groups in total. The van der Waals surface area contributed by atoms with E-state index < -0.39 is 22.5 Å². The fraction of sp³-hybridized carbons (Fsp3) is 0.387. The van der Waals surface area contributed by atoms with Gasteiger partial charge in [0.25, 0.3) is 10.0 Å². The van der Waals surface area contributed by atoms with Crippen molar-refractivity contribution in [3.63, 3.8) is 0 Å². The monoisotopic (exact) mass is 615 g/mol. The number of piperidine rings is 1. The van der Waals surface area contributed by atoms with Crippen LogP contribution in [0.4, 0.5) is 11.4 Å². The van der Waals surface area contributed by atoms with E-state index in [9.17, 15) is 13.2 Å². The number of amides is 1. The van der Waals surface area contributed by atoms with Crippen molar-refractivity contribution in [3.8, 4) is 17.2 Å². The van der Waals surface area contributed by atoms with Crippen LogP contribution in [0.25, 0.3) is 0 Å². The lowest BCUT2D eigenvalue weighted by atomic mass is 9.98. The molecule has 4 rings (SSSR count). The summed E-state index contributed by atoms with van der Waals surface area (Å²) in [5.41, 5.74) is 2.19. The molecule has 0 aliphatic carbocycles. The molecule has 3 aromatic rings. The zero-order chi connectivity index (χ0) is 30.4. The number of methoxy groups -OCH3 is 3. The smallest absolute Gasteiger partial charge is 0.265 e. The topological polar surface area (TPSA) is 97.4 Å². The first kappa shape index (κ1) is 31.3. The summed E-state index contributed by atoms with van der Waals surface area (Å²) in [6.45, 7) is 5.70. The van der Waals surface area contributed by atoms with Gasteiger partial charge in [-0.05, 0) is 73.7 Å². The van der Waals surface area contributed by atoms with Gasteiger partial charge in [-0.3, -0.25) is 9.10 Å². The summed E-state index contributed by atoms with van der Waals surface area (Å²) in [5, 5.41) is 3.23. The van der Waals surface area contributed by atoms with Crippen molar-refractivity contribution in [1.82, 2.24) is 5.32 Å². The minimum atomic E-state index is -4.29. The van der Waals surface area contributed by atoms with Gasteiger partial charge in [-0.2, -0.15) is 0 Å². The van der Waals surface area contributed by atoms with E-state index in [1.807, 2.05) is 19.1 Å². The first-order valence-electron chi connectivity index (χ1n) is 13.8. The normalized spacial score (nSPS) is 14.7. The van der Waals surface area contributed by atoms with Crippen molar-refractivity contribution in [3.05, 3.63) is 71.2 Å². The van der Waals surface area contributed by atoms with Gasteiger partial charge < -0.3 is 24.4 Å². The van der Waals surface area contributed by atoms with Crippen molar-refractivity contribution in [1.29, 1.82) is 0 Å². The number of halogens is 1. The van der Waals surface area contributed by atoms with Crippen LogP contribution in [0.3, 0.4) is 0 Å². The number of carbonyl (C=O) groups is 1. The lowest BCUT2D eigenvalue weighted by Gasteiger charge is -2.32. The predicted octanol–water partition coefficient (Wildman–Crippen LogP) is 5.67. The molecule has 42 heavy (non-hydrogen) atoms. The lowest BCUT2D eigenvalue weighted by molar-refractivity contribution is -0.120. The van der Waals surface area contributed by atoms with Crippen LogP contribution in [0.5, 0.6) is 17.2 Å². The Kier molecular flexibility index (Phi) is 10.1. The van der Waals surface area contributed by atoms with E-state index in [4.69, 9.17) is 25.8 Å². The molecule has 0 aromatic heterocycles. The molecule has 9 nitrogen and oxygen atoms in total. The van der Waals surface area contributed by atoms with Crippen LogP contribution in [-0.2, 0) is 14.8 Å². The second kappa shape index (κ2) is 13.6. The number of nitrogens with one attached hydrogen (secondary N) is 1. The Labute approximate surface area is 253 Å². The van der Waals surface area contributed by atoms with E-state index in [2.05, 4.69) is 29.3 Å². The van der Waals surface area contributed by atoms with E-state index in [0.717, 1.165) is 34.6 Å². The maximum atomic E-state index is 14.0. The molecule has 1 fully saturated rings. The van der Waals surface area contributed by atoms with Gasteiger partial charge in [0, 0.05) is 29.9 Å². The van der Waals surface area contributed by atoms with E-state index >= 15 is 0 Å². The fourth-order valence-corrected chi connectivity index (χ4v) is 6.61. The van der Waals surface area contributed by atoms with Gasteiger partial charge >= 0.3 is 0 Å². The predicted molar refractivity (Wildman–Crippen MR) is 166 cm³/mol. The number of sulfonamides is 1. The molecule has 3 aromatic carbocycles. The molecule has 1 aliphatic heterocycles. The van der Waals surface area contributed by atoms with Crippen molar-refractivity contribution >= 4 is 38.9 Å². The molecule has 1 saturated heterocycles. The number of hydrogen-bond acceptors (Lipinski definition) is 7. The van der Waals surface area contributed by atoms with E-state index in [1.165, 1.54) is 58.4 Å². The molecule has 1 heterocycles. The minimum Gasteiger partial charge on any atom is -0.495 e. The average Bonchev–Trinajstić information content (AvgIpc) is 2.99. The van der Waals surface area contributed by atoms with Gasteiger partial charge in [-0.1, -0.05) is 30.7 Å². The first-order valence-corrected chi connectivity index (χ1v) is 15.6. The summed E-state index contributed by atoms with van der Waals surface area (Å²) in [6.07, 6.45) is 2.35. The second-order valence-electron chi connectivity index (χ2n) is 10.4. The average molecular weight is 616 g/mol. The fourth-order valence-electron chi connectivity index (χ4n) is 5.00. The molecular formula is C31H38ClN3O6S. The Morgan fingerprint density at radius 1 is 0.952 bits per heavy atom. The number of anilines is 2. The van der Waals surface area contributed by atoms with E-state index in [1.54, 1.807) is 12.1 Å². The van der Waals surface area contributed by atoms with E-state index in [0.29, 0.717) is 5.75 Å². The standard InChI is InChI=1S/C31H38ClN3O6S/c1-21-14-16-34(17-15-21)25-9-6-23(7-10-25)22(2)33-31(36)20-35(27-18-24(32)8-12-28(27)39-3)42(37,38)26-11-13-29(40-4)30(19-26)41-5/h6-13,18-19,21-22H,14-17,20H2,1-5H3,(H,33,36). The summed E-state index contributed by atoms with van der Waals surface area (Å²) < 4.78 is 45.1. The number of hydrogen-bond donors (Lipinski definition) is 1. The Morgan fingerprint density at radius 2 is 1.57 bits per heavy atom. The minimum absolute atomic E-state index is 0.0919. The van der Waals surface area contributed by atoms with Crippen LogP contribution >= 0.6 is 11.6 Å². The summed E-state index contributed by atoms with van der Waals surface area (Å²) in [5.74, 6) is 1.10. The number of ether oxygens (including phenoxy) is 3. The summed E-state index contributed by atoms with van der Waals surface area (Å²) in [6, 6.07) is 16.6. The van der Waals surface area contributed by atoms with Crippen LogP contribution in [0, 0.1) is 5.92 Å². The highest BCUT2D eigenvalue weighted by Crippen LogP contribution is 2.37. The van der Waals surface area contributed by atoms with Gasteiger partial charge in [0.15, 0.2) is 11.5 Å². The first-order chi connectivity index (χ1) is 20.1. The van der Waals surface area contributed by atoms with Crippen molar-refractivity contribution in [2.75, 3.05) is 50.2 Å². The maximum Gasteiger partial charge on any atom is 0.265 e. The van der Waals surface area contributed by atoms with Crippen LogP contribution in [-0.4, -0.2) is 55.3 Å². The van der Waals surface area contributed by atoms with E-state index in [-0.39, 0.29) is 33.1 Å². The van der Waals surface area contributed by atoms with Crippen LogP contribution < -0.4 is 28.7 Å². The third-order valence-corrected chi connectivity index (χ3v) is 9.55. The molecule has 226 valence electrons. The molecule has 1 amide bonds. The van der Waals surface area contributed by atoms with Crippen LogP contribution in [0.2, 0.25) is 5.02 Å². The molecule has 1 atom stereocenters. The van der Waals surface area contributed by atoms with Crippen LogP contribution in [0.15, 0.2) is 65.6 Å². The van der Waals surface area contributed by atoms with Crippen LogP contribution in [0.1, 0.15) is 38.3 Å². The van der Waals surface area contributed by atoms with Crippen molar-refractivity contribution in [2.24, 2.45) is 5.92 Å². The molecule has 0 spiro atoms. The Morgan fingerprint density at radius 3 is 2.19 bits per heavy atom. The lowest BCUT2D eigenvalue weighted by Crippen LogP contribution is -2.41. The Bertz CT molecular complexity index is 1490. The second-order valence-corrected chi connectivity index (χ2v) is 12.7. The molecule has 11 heteroatoms. The molecule has 0 bridgehead atoms. The largest absolute Gasteiger partial charge is 0.495 e. The number of carbonyl (C=O) groups excluding carboxylic acids is 1. The Balaban J connectivity index is 1.59. The number of rotatable bonds is 11. The summed E-state index contributed by atoms with van der Waals surface area (Å²) in [4.78, 5) is 15.7. The molecule has 0 radical (unpaired) electrons. The van der Waals surface area contributed by atoms with Crippen molar-refractivity contribution in [2.45, 2.75) is 37.6 Å². The van der Waals surface area contributed by atoms with Gasteiger partial charge in [0.05, 0.1) is 38.0 Å². The van der Waals surface area contributed by atoms with Gasteiger partial charge in [-0.15, -0.1) is 0 Å². The Hall–Kier alpha value is -3.63. The van der Waals surface area contributed by atoms with Gasteiger partial charge in [-0.25, -0.2) is 8.42 Å². The quantitative estimate of drug-likeness (QED) is 0.297.